The van der Waals surface area contributed by atoms with Crippen LogP contribution >= 0.6 is 0 Å². The largest absolute Gasteiger partial charge is 0.334 e. The van der Waals surface area contributed by atoms with Crippen LogP contribution in [0.2, 0.25) is 0 Å². The Morgan fingerprint density at radius 2 is 2.10 bits per heavy atom. The number of fused-ring (bicyclic) bond motifs is 1. The minimum Gasteiger partial charge on any atom is -0.334 e. The van der Waals surface area contributed by atoms with E-state index in [9.17, 15) is 4.79 Å². The van der Waals surface area contributed by atoms with Crippen LogP contribution in [0.3, 0.4) is 0 Å². The number of imidazole rings is 1. The quantitative estimate of drug-likeness (QED) is 0.680. The molecule has 0 aliphatic carbocycles. The molecule has 0 spiro atoms. The first-order valence-corrected chi connectivity index (χ1v) is 6.20. The fourth-order valence-electron chi connectivity index (χ4n) is 1.85. The number of para-hydroxylation sites is 2. The molecule has 0 saturated heterocycles. The second-order valence-electron chi connectivity index (χ2n) is 4.27. The van der Waals surface area contributed by atoms with Gasteiger partial charge in [-0.25, -0.2) is 9.78 Å². The average molecular weight is 267 g/mol. The Bertz CT molecular complexity index is 690. The summed E-state index contributed by atoms with van der Waals surface area (Å²) in [5, 5.41) is 5.41. The number of aromatic nitrogens is 3. The number of carbonyl (C=O) groups excluding carboxylic acids is 1. The molecule has 0 bridgehead atoms. The molecule has 3 N–H and O–H groups in total. The Labute approximate surface area is 115 Å². The van der Waals surface area contributed by atoms with E-state index < -0.39 is 0 Å². The van der Waals surface area contributed by atoms with Gasteiger partial charge < -0.3 is 10.3 Å². The van der Waals surface area contributed by atoms with Crippen molar-refractivity contribution in [3.63, 3.8) is 0 Å². The molecular formula is C14H13N5O. The van der Waals surface area contributed by atoms with Gasteiger partial charge in [0.15, 0.2) is 0 Å². The lowest BCUT2D eigenvalue weighted by atomic mass is 10.3. The summed E-state index contributed by atoms with van der Waals surface area (Å²) in [5.41, 5.74) is 2.64. The van der Waals surface area contributed by atoms with Crippen molar-refractivity contribution in [2.24, 2.45) is 0 Å². The molecule has 0 aliphatic rings. The minimum absolute atomic E-state index is 0.312. The third kappa shape index (κ3) is 2.74. The van der Waals surface area contributed by atoms with Crippen molar-refractivity contribution in [2.45, 2.75) is 6.54 Å². The van der Waals surface area contributed by atoms with Crippen molar-refractivity contribution < 1.29 is 4.79 Å². The number of benzene rings is 1. The minimum atomic E-state index is -0.312. The van der Waals surface area contributed by atoms with Crippen LogP contribution in [-0.4, -0.2) is 21.0 Å². The normalized spacial score (nSPS) is 10.4. The number of urea groups is 1. The van der Waals surface area contributed by atoms with Crippen LogP contribution in [0.4, 0.5) is 10.7 Å². The number of nitrogens with zero attached hydrogens (tertiary/aromatic N) is 2. The van der Waals surface area contributed by atoms with Crippen molar-refractivity contribution in [2.75, 3.05) is 5.32 Å². The first kappa shape index (κ1) is 12.2. The summed E-state index contributed by atoms with van der Waals surface area (Å²) in [6, 6.07) is 11.0. The number of anilines is 1. The van der Waals surface area contributed by atoms with Crippen molar-refractivity contribution in [1.82, 2.24) is 20.3 Å². The number of rotatable bonds is 3. The number of amides is 2. The SMILES string of the molecule is O=C(NCc1cccnc1)Nc1nc2ccccc2[nH]1. The Morgan fingerprint density at radius 1 is 1.20 bits per heavy atom. The van der Waals surface area contributed by atoms with E-state index in [0.29, 0.717) is 12.5 Å². The van der Waals surface area contributed by atoms with E-state index in [1.165, 1.54) is 0 Å². The van der Waals surface area contributed by atoms with Gasteiger partial charge in [-0.1, -0.05) is 18.2 Å². The van der Waals surface area contributed by atoms with Gasteiger partial charge in [-0.05, 0) is 23.8 Å². The smallest absolute Gasteiger partial charge is 0.321 e. The predicted octanol–water partition coefficient (Wildman–Crippen LogP) is 2.28. The lowest BCUT2D eigenvalue weighted by molar-refractivity contribution is 0.251. The highest BCUT2D eigenvalue weighted by atomic mass is 16.2. The summed E-state index contributed by atoms with van der Waals surface area (Å²) in [6.45, 7) is 0.417. The number of carbonyl (C=O) groups is 1. The van der Waals surface area contributed by atoms with Crippen LogP contribution in [0, 0.1) is 0 Å². The van der Waals surface area contributed by atoms with Crippen molar-refractivity contribution >= 4 is 23.0 Å². The Morgan fingerprint density at radius 3 is 2.90 bits per heavy atom. The molecule has 0 unspecified atom stereocenters. The van der Waals surface area contributed by atoms with E-state index in [4.69, 9.17) is 0 Å². The molecule has 3 rings (SSSR count). The summed E-state index contributed by atoms with van der Waals surface area (Å²) in [7, 11) is 0. The van der Waals surface area contributed by atoms with Gasteiger partial charge in [0.05, 0.1) is 11.0 Å². The number of aromatic amines is 1. The molecule has 1 aromatic carbocycles. The van der Waals surface area contributed by atoms with Gasteiger partial charge in [0, 0.05) is 18.9 Å². The second kappa shape index (κ2) is 5.40. The standard InChI is InChI=1S/C14H13N5O/c20-14(16-9-10-4-3-7-15-8-10)19-13-17-11-5-1-2-6-12(11)18-13/h1-8H,9H2,(H3,16,17,18,19,20). The van der Waals surface area contributed by atoms with Gasteiger partial charge in [0.2, 0.25) is 5.95 Å². The summed E-state index contributed by atoms with van der Waals surface area (Å²) in [4.78, 5) is 23.0. The molecule has 0 aliphatic heterocycles. The third-order valence-corrected chi connectivity index (χ3v) is 2.80. The van der Waals surface area contributed by atoms with Crippen LogP contribution in [-0.2, 0) is 6.54 Å². The van der Waals surface area contributed by atoms with Crippen molar-refractivity contribution in [3.8, 4) is 0 Å². The molecule has 6 heteroatoms. The second-order valence-corrected chi connectivity index (χ2v) is 4.27. The summed E-state index contributed by atoms with van der Waals surface area (Å²) >= 11 is 0. The van der Waals surface area contributed by atoms with E-state index in [0.717, 1.165) is 16.6 Å². The molecule has 3 aromatic rings. The molecule has 2 heterocycles. The molecule has 0 radical (unpaired) electrons. The fourth-order valence-corrected chi connectivity index (χ4v) is 1.85. The monoisotopic (exact) mass is 267 g/mol. The summed E-state index contributed by atoms with van der Waals surface area (Å²) in [5.74, 6) is 0.426. The van der Waals surface area contributed by atoms with Crippen LogP contribution < -0.4 is 10.6 Å². The fraction of sp³-hybridized carbons (Fsp3) is 0.0714. The zero-order valence-corrected chi connectivity index (χ0v) is 10.6. The van der Waals surface area contributed by atoms with Crippen LogP contribution in [0.25, 0.3) is 11.0 Å². The zero-order chi connectivity index (χ0) is 13.8. The van der Waals surface area contributed by atoms with Crippen LogP contribution in [0.15, 0.2) is 48.8 Å². The van der Waals surface area contributed by atoms with Gasteiger partial charge in [-0.3, -0.25) is 10.3 Å². The summed E-state index contributed by atoms with van der Waals surface area (Å²) in [6.07, 6.45) is 3.40. The van der Waals surface area contributed by atoms with E-state index >= 15 is 0 Å². The molecule has 2 amide bonds. The number of hydrogen-bond acceptors (Lipinski definition) is 3. The highest BCUT2D eigenvalue weighted by Crippen LogP contribution is 2.12. The highest BCUT2D eigenvalue weighted by molar-refractivity contribution is 5.89. The molecule has 0 atom stereocenters. The van der Waals surface area contributed by atoms with E-state index in [1.807, 2.05) is 36.4 Å². The molecular weight excluding hydrogens is 254 g/mol. The maximum atomic E-state index is 11.8. The van der Waals surface area contributed by atoms with Crippen LogP contribution in [0.5, 0.6) is 0 Å². The van der Waals surface area contributed by atoms with Crippen LogP contribution in [0.1, 0.15) is 5.56 Å². The number of hydrogen-bond donors (Lipinski definition) is 3. The van der Waals surface area contributed by atoms with E-state index in [1.54, 1.807) is 12.4 Å². The lowest BCUT2D eigenvalue weighted by Crippen LogP contribution is -2.28. The Balaban J connectivity index is 1.61. The lowest BCUT2D eigenvalue weighted by Gasteiger charge is -2.04. The average Bonchev–Trinajstić information content (AvgIpc) is 2.88. The maximum Gasteiger partial charge on any atom is 0.321 e. The van der Waals surface area contributed by atoms with Gasteiger partial charge in [-0.2, -0.15) is 0 Å². The Kier molecular flexibility index (Phi) is 3.28. The van der Waals surface area contributed by atoms with E-state index in [-0.39, 0.29) is 6.03 Å². The van der Waals surface area contributed by atoms with Gasteiger partial charge in [0.1, 0.15) is 0 Å². The van der Waals surface area contributed by atoms with Gasteiger partial charge in [0.25, 0.3) is 0 Å². The zero-order valence-electron chi connectivity index (χ0n) is 10.6. The Hall–Kier alpha value is -2.89. The van der Waals surface area contributed by atoms with E-state index in [2.05, 4.69) is 25.6 Å². The molecule has 0 saturated carbocycles. The maximum absolute atomic E-state index is 11.8. The van der Waals surface area contributed by atoms with Gasteiger partial charge >= 0.3 is 6.03 Å². The molecule has 100 valence electrons. The molecule has 6 nitrogen and oxygen atoms in total. The molecule has 2 aromatic heterocycles. The molecule has 0 fully saturated rings. The van der Waals surface area contributed by atoms with Crippen molar-refractivity contribution in [3.05, 3.63) is 54.4 Å². The number of pyridine rings is 1. The first-order chi connectivity index (χ1) is 9.81. The third-order valence-electron chi connectivity index (χ3n) is 2.80. The summed E-state index contributed by atoms with van der Waals surface area (Å²) < 4.78 is 0. The van der Waals surface area contributed by atoms with Gasteiger partial charge in [-0.15, -0.1) is 0 Å². The highest BCUT2D eigenvalue weighted by Gasteiger charge is 2.06. The van der Waals surface area contributed by atoms with Crippen molar-refractivity contribution in [1.29, 1.82) is 0 Å². The number of H-pyrrole nitrogens is 1. The topological polar surface area (TPSA) is 82.7 Å². The predicted molar refractivity (Wildman–Crippen MR) is 76.2 cm³/mol. The molecule has 20 heavy (non-hydrogen) atoms. The number of nitrogens with one attached hydrogen (secondary N) is 3. The first-order valence-electron chi connectivity index (χ1n) is 6.20.